The van der Waals surface area contributed by atoms with E-state index in [9.17, 15) is 10.1 Å². The molecular formula is C22H22N4O3. The Labute approximate surface area is 169 Å². The molecule has 1 aliphatic rings. The van der Waals surface area contributed by atoms with Gasteiger partial charge in [-0.25, -0.2) is 0 Å². The number of benzene rings is 1. The molecule has 1 aliphatic heterocycles. The van der Waals surface area contributed by atoms with Gasteiger partial charge in [-0.15, -0.1) is 0 Å². The van der Waals surface area contributed by atoms with E-state index in [-0.39, 0.29) is 11.6 Å². The lowest BCUT2D eigenvalue weighted by atomic mass is 10.1. The molecule has 2 aromatic heterocycles. The Morgan fingerprint density at radius 2 is 2.03 bits per heavy atom. The first kappa shape index (κ1) is 18.8. The Bertz CT molecular complexity index is 1020. The Kier molecular flexibility index (Phi) is 5.34. The first-order valence-electron chi connectivity index (χ1n) is 9.67. The number of anilines is 1. The fourth-order valence-corrected chi connectivity index (χ4v) is 3.54. The number of amides is 1. The average molecular weight is 390 g/mol. The minimum absolute atomic E-state index is 0.153. The molecule has 0 unspecified atom stereocenters. The van der Waals surface area contributed by atoms with Crippen LogP contribution in [0.25, 0.3) is 11.7 Å². The summed E-state index contributed by atoms with van der Waals surface area (Å²) in [6, 6.07) is 13.8. The van der Waals surface area contributed by atoms with E-state index in [2.05, 4.69) is 36.2 Å². The second kappa shape index (κ2) is 8.23. The predicted octanol–water partition coefficient (Wildman–Crippen LogP) is 3.40. The normalized spacial score (nSPS) is 14.1. The summed E-state index contributed by atoms with van der Waals surface area (Å²) in [5.41, 5.74) is 2.62. The van der Waals surface area contributed by atoms with E-state index in [1.165, 1.54) is 17.4 Å². The first-order chi connectivity index (χ1) is 14.1. The molecule has 3 aromatic rings. The summed E-state index contributed by atoms with van der Waals surface area (Å²) in [6.45, 7) is 4.43. The highest BCUT2D eigenvalue weighted by Gasteiger charge is 2.26. The molecular weight excluding hydrogens is 368 g/mol. The van der Waals surface area contributed by atoms with E-state index < -0.39 is 0 Å². The van der Waals surface area contributed by atoms with Gasteiger partial charge in [0.1, 0.15) is 6.07 Å². The van der Waals surface area contributed by atoms with Gasteiger partial charge in [0.2, 0.25) is 17.5 Å². The van der Waals surface area contributed by atoms with E-state index in [1.54, 1.807) is 12.1 Å². The predicted molar refractivity (Wildman–Crippen MR) is 107 cm³/mol. The van der Waals surface area contributed by atoms with Crippen molar-refractivity contribution in [2.45, 2.75) is 19.8 Å². The van der Waals surface area contributed by atoms with Crippen LogP contribution < -0.4 is 4.90 Å². The summed E-state index contributed by atoms with van der Waals surface area (Å²) < 4.78 is 11.1. The van der Waals surface area contributed by atoms with Crippen LogP contribution in [0.1, 0.15) is 23.2 Å². The van der Waals surface area contributed by atoms with Crippen molar-refractivity contribution in [3.05, 3.63) is 59.5 Å². The number of carbonyl (C=O) groups excluding carboxylic acids is 1. The average Bonchev–Trinajstić information content (AvgIpc) is 3.42. The van der Waals surface area contributed by atoms with Crippen LogP contribution in [0.15, 0.2) is 51.5 Å². The summed E-state index contributed by atoms with van der Waals surface area (Å²) in [4.78, 5) is 20.7. The number of rotatable bonds is 5. The number of furan rings is 1. The lowest BCUT2D eigenvalue weighted by Gasteiger charge is -2.34. The summed E-state index contributed by atoms with van der Waals surface area (Å²) in [6.07, 6.45) is 2.78. The number of carbonyl (C=O) groups is 1. The maximum Gasteiger partial charge on any atom is 0.266 e. The summed E-state index contributed by atoms with van der Waals surface area (Å²) in [5, 5.41) is 9.40. The SMILES string of the molecule is Cc1cccc(CCC(=O)N2CCN(c3oc(-c4ccco4)nc3C#N)CC2)c1. The van der Waals surface area contributed by atoms with Gasteiger partial charge in [0.15, 0.2) is 5.76 Å². The molecule has 1 aromatic carbocycles. The van der Waals surface area contributed by atoms with Crippen molar-refractivity contribution in [2.24, 2.45) is 0 Å². The molecule has 7 nitrogen and oxygen atoms in total. The molecule has 0 atom stereocenters. The highest BCUT2D eigenvalue weighted by molar-refractivity contribution is 5.76. The molecule has 0 aliphatic carbocycles. The standard InChI is InChI=1S/C22H22N4O3/c1-16-4-2-5-17(14-16)7-8-20(27)25-9-11-26(12-10-25)22-18(15-23)24-21(29-22)19-6-3-13-28-19/h2-6,13-14H,7-12H2,1H3. The smallest absolute Gasteiger partial charge is 0.266 e. The number of aryl methyl sites for hydroxylation is 2. The van der Waals surface area contributed by atoms with E-state index in [4.69, 9.17) is 8.83 Å². The zero-order valence-electron chi connectivity index (χ0n) is 16.3. The van der Waals surface area contributed by atoms with Crippen LogP contribution in [-0.2, 0) is 11.2 Å². The summed E-state index contributed by atoms with van der Waals surface area (Å²) in [5.74, 6) is 1.36. The maximum atomic E-state index is 12.6. The molecule has 3 heterocycles. The van der Waals surface area contributed by atoms with E-state index in [1.807, 2.05) is 15.9 Å². The Morgan fingerprint density at radius 3 is 2.72 bits per heavy atom. The second-order valence-electron chi connectivity index (χ2n) is 7.12. The Hall–Kier alpha value is -3.53. The molecule has 1 fully saturated rings. The fourth-order valence-electron chi connectivity index (χ4n) is 3.54. The molecule has 7 heteroatoms. The monoisotopic (exact) mass is 390 g/mol. The van der Waals surface area contributed by atoms with Crippen molar-refractivity contribution in [1.82, 2.24) is 9.88 Å². The van der Waals surface area contributed by atoms with Crippen molar-refractivity contribution in [2.75, 3.05) is 31.1 Å². The van der Waals surface area contributed by atoms with E-state index in [0.717, 1.165) is 6.42 Å². The number of nitriles is 1. The van der Waals surface area contributed by atoms with Crippen molar-refractivity contribution in [3.8, 4) is 17.7 Å². The topological polar surface area (TPSA) is 86.5 Å². The van der Waals surface area contributed by atoms with Crippen LogP contribution >= 0.6 is 0 Å². The van der Waals surface area contributed by atoms with Gasteiger partial charge in [-0.2, -0.15) is 10.2 Å². The van der Waals surface area contributed by atoms with E-state index in [0.29, 0.717) is 50.1 Å². The highest BCUT2D eigenvalue weighted by atomic mass is 16.4. The number of hydrogen-bond donors (Lipinski definition) is 0. The molecule has 0 bridgehead atoms. The minimum Gasteiger partial charge on any atom is -0.459 e. The Balaban J connectivity index is 1.36. The van der Waals surface area contributed by atoms with Crippen molar-refractivity contribution >= 4 is 11.8 Å². The number of piperazine rings is 1. The summed E-state index contributed by atoms with van der Waals surface area (Å²) in [7, 11) is 0. The maximum absolute atomic E-state index is 12.6. The van der Waals surface area contributed by atoms with Gasteiger partial charge >= 0.3 is 0 Å². The van der Waals surface area contributed by atoms with Crippen LogP contribution in [0.3, 0.4) is 0 Å². The number of nitrogens with zero attached hydrogens (tertiary/aromatic N) is 4. The van der Waals surface area contributed by atoms with Crippen LogP contribution in [-0.4, -0.2) is 42.0 Å². The van der Waals surface area contributed by atoms with Gasteiger partial charge in [-0.1, -0.05) is 29.8 Å². The van der Waals surface area contributed by atoms with Crippen LogP contribution in [0, 0.1) is 18.3 Å². The quantitative estimate of drug-likeness (QED) is 0.664. The minimum atomic E-state index is 0.153. The van der Waals surface area contributed by atoms with Gasteiger partial charge in [-0.05, 0) is 31.0 Å². The third-order valence-electron chi connectivity index (χ3n) is 5.08. The number of hydrogen-bond acceptors (Lipinski definition) is 6. The third-order valence-corrected chi connectivity index (χ3v) is 5.08. The molecule has 1 amide bonds. The molecule has 0 radical (unpaired) electrons. The van der Waals surface area contributed by atoms with Gasteiger partial charge < -0.3 is 18.6 Å². The van der Waals surface area contributed by atoms with Gasteiger partial charge in [0.05, 0.1) is 6.26 Å². The summed E-state index contributed by atoms with van der Waals surface area (Å²) >= 11 is 0. The number of aromatic nitrogens is 1. The zero-order chi connectivity index (χ0) is 20.2. The molecule has 29 heavy (non-hydrogen) atoms. The molecule has 0 N–H and O–H groups in total. The lowest BCUT2D eigenvalue weighted by molar-refractivity contribution is -0.131. The first-order valence-corrected chi connectivity index (χ1v) is 9.67. The molecule has 0 spiro atoms. The van der Waals surface area contributed by atoms with Gasteiger partial charge in [0.25, 0.3) is 5.89 Å². The fraction of sp³-hybridized carbons (Fsp3) is 0.318. The van der Waals surface area contributed by atoms with Crippen molar-refractivity contribution in [1.29, 1.82) is 5.26 Å². The van der Waals surface area contributed by atoms with Crippen LogP contribution in [0.4, 0.5) is 5.88 Å². The van der Waals surface area contributed by atoms with Gasteiger partial charge in [-0.3, -0.25) is 4.79 Å². The van der Waals surface area contributed by atoms with Crippen LogP contribution in [0.5, 0.6) is 0 Å². The molecule has 4 rings (SSSR count). The zero-order valence-corrected chi connectivity index (χ0v) is 16.3. The van der Waals surface area contributed by atoms with Crippen molar-refractivity contribution in [3.63, 3.8) is 0 Å². The molecule has 1 saturated heterocycles. The highest BCUT2D eigenvalue weighted by Crippen LogP contribution is 2.29. The lowest BCUT2D eigenvalue weighted by Crippen LogP contribution is -2.49. The van der Waals surface area contributed by atoms with Gasteiger partial charge in [0, 0.05) is 32.6 Å². The largest absolute Gasteiger partial charge is 0.459 e. The van der Waals surface area contributed by atoms with Crippen LogP contribution in [0.2, 0.25) is 0 Å². The Morgan fingerprint density at radius 1 is 1.21 bits per heavy atom. The third kappa shape index (κ3) is 4.16. The number of oxazole rings is 1. The van der Waals surface area contributed by atoms with Crippen molar-refractivity contribution < 1.29 is 13.6 Å². The molecule has 0 saturated carbocycles. The second-order valence-corrected chi connectivity index (χ2v) is 7.12. The molecule has 148 valence electrons. The van der Waals surface area contributed by atoms with E-state index >= 15 is 0 Å².